The van der Waals surface area contributed by atoms with Crippen LogP contribution in [0.3, 0.4) is 0 Å². The van der Waals surface area contributed by atoms with Gasteiger partial charge in [-0.05, 0) is 37.6 Å². The van der Waals surface area contributed by atoms with Gasteiger partial charge in [-0.1, -0.05) is 23.2 Å². The molecule has 0 saturated carbocycles. The SMILES string of the molecule is O=C(CN1CCN(C(=O)Nc2ccc(Cl)c(Cl)c2)CC1)[C@H]1CCCN1. The Morgan fingerprint density at radius 1 is 1.16 bits per heavy atom. The van der Waals surface area contributed by atoms with Crippen LogP contribution in [-0.2, 0) is 4.79 Å². The summed E-state index contributed by atoms with van der Waals surface area (Å²) in [5.41, 5.74) is 0.615. The predicted octanol–water partition coefficient (Wildman–Crippen LogP) is 2.46. The number of carbonyl (C=O) groups excluding carboxylic acids is 2. The van der Waals surface area contributed by atoms with Crippen LogP contribution in [-0.4, -0.2) is 66.9 Å². The highest BCUT2D eigenvalue weighted by Gasteiger charge is 2.26. The molecule has 3 rings (SSSR count). The van der Waals surface area contributed by atoms with Crippen LogP contribution in [0.1, 0.15) is 12.8 Å². The van der Waals surface area contributed by atoms with Crippen LogP contribution in [0.4, 0.5) is 10.5 Å². The summed E-state index contributed by atoms with van der Waals surface area (Å²) in [6.07, 6.45) is 2.00. The molecule has 136 valence electrons. The number of hydrogen-bond acceptors (Lipinski definition) is 4. The lowest BCUT2D eigenvalue weighted by atomic mass is 10.1. The van der Waals surface area contributed by atoms with Gasteiger partial charge < -0.3 is 15.5 Å². The van der Waals surface area contributed by atoms with Crippen molar-refractivity contribution in [2.75, 3.05) is 44.6 Å². The van der Waals surface area contributed by atoms with Crippen molar-refractivity contribution in [1.29, 1.82) is 0 Å². The topological polar surface area (TPSA) is 64.7 Å². The molecule has 2 amide bonds. The zero-order valence-corrected chi connectivity index (χ0v) is 15.4. The summed E-state index contributed by atoms with van der Waals surface area (Å²) in [7, 11) is 0. The molecule has 2 aliphatic rings. The van der Waals surface area contributed by atoms with Gasteiger partial charge in [-0.15, -0.1) is 0 Å². The van der Waals surface area contributed by atoms with E-state index >= 15 is 0 Å². The maximum absolute atomic E-state index is 12.3. The molecule has 2 heterocycles. The first-order valence-electron chi connectivity index (χ1n) is 8.52. The molecule has 0 aliphatic carbocycles. The van der Waals surface area contributed by atoms with E-state index in [2.05, 4.69) is 15.5 Å². The number of ketones is 1. The Morgan fingerprint density at radius 3 is 2.56 bits per heavy atom. The van der Waals surface area contributed by atoms with Gasteiger partial charge in [0, 0.05) is 31.9 Å². The number of benzene rings is 1. The standard InChI is InChI=1S/C17H22Cl2N4O2/c18-13-4-3-12(10-14(13)19)21-17(25)23-8-6-22(7-9-23)11-16(24)15-2-1-5-20-15/h3-4,10,15,20H,1-2,5-9,11H2,(H,21,25)/t15-/m1/s1. The largest absolute Gasteiger partial charge is 0.322 e. The van der Waals surface area contributed by atoms with Gasteiger partial charge >= 0.3 is 6.03 Å². The van der Waals surface area contributed by atoms with E-state index in [1.54, 1.807) is 23.1 Å². The molecule has 2 saturated heterocycles. The lowest BCUT2D eigenvalue weighted by Gasteiger charge is -2.34. The molecule has 1 aromatic rings. The molecule has 0 spiro atoms. The summed E-state index contributed by atoms with van der Waals surface area (Å²) in [6, 6.07) is 4.85. The van der Waals surface area contributed by atoms with E-state index in [0.29, 0.717) is 48.5 Å². The highest BCUT2D eigenvalue weighted by Crippen LogP contribution is 2.25. The van der Waals surface area contributed by atoms with Crippen molar-refractivity contribution in [3.8, 4) is 0 Å². The van der Waals surface area contributed by atoms with Crippen molar-refractivity contribution in [3.63, 3.8) is 0 Å². The van der Waals surface area contributed by atoms with Crippen molar-refractivity contribution in [3.05, 3.63) is 28.2 Å². The van der Waals surface area contributed by atoms with Crippen LogP contribution in [0.15, 0.2) is 18.2 Å². The lowest BCUT2D eigenvalue weighted by molar-refractivity contribution is -0.122. The number of nitrogens with zero attached hydrogens (tertiary/aromatic N) is 2. The molecule has 1 atom stereocenters. The summed E-state index contributed by atoms with van der Waals surface area (Å²) < 4.78 is 0. The van der Waals surface area contributed by atoms with Gasteiger partial charge in [-0.3, -0.25) is 9.69 Å². The van der Waals surface area contributed by atoms with Gasteiger partial charge in [0.05, 0.1) is 22.6 Å². The Bertz CT molecular complexity index is 642. The molecule has 8 heteroatoms. The van der Waals surface area contributed by atoms with Gasteiger partial charge in [0.15, 0.2) is 5.78 Å². The zero-order valence-electron chi connectivity index (χ0n) is 13.9. The predicted molar refractivity (Wildman–Crippen MR) is 99.5 cm³/mol. The van der Waals surface area contributed by atoms with Crippen molar-refractivity contribution in [1.82, 2.24) is 15.1 Å². The molecule has 2 N–H and O–H groups in total. The van der Waals surface area contributed by atoms with Crippen molar-refractivity contribution >= 4 is 40.7 Å². The fourth-order valence-electron chi connectivity index (χ4n) is 3.18. The van der Waals surface area contributed by atoms with E-state index in [-0.39, 0.29) is 17.9 Å². The Kier molecular flexibility index (Phi) is 6.17. The summed E-state index contributed by atoms with van der Waals surface area (Å²) in [5.74, 6) is 0.256. The number of rotatable bonds is 4. The molecule has 25 heavy (non-hydrogen) atoms. The van der Waals surface area contributed by atoms with Crippen LogP contribution in [0.2, 0.25) is 10.0 Å². The number of urea groups is 1. The second kappa shape index (κ2) is 8.36. The molecule has 2 aliphatic heterocycles. The van der Waals surface area contributed by atoms with Crippen LogP contribution in [0.5, 0.6) is 0 Å². The lowest BCUT2D eigenvalue weighted by Crippen LogP contribution is -2.52. The Balaban J connectivity index is 1.45. The first kappa shape index (κ1) is 18.5. The fraction of sp³-hybridized carbons (Fsp3) is 0.529. The van der Waals surface area contributed by atoms with Gasteiger partial charge in [0.2, 0.25) is 0 Å². The van der Waals surface area contributed by atoms with Crippen molar-refractivity contribution in [2.45, 2.75) is 18.9 Å². The van der Waals surface area contributed by atoms with E-state index in [9.17, 15) is 9.59 Å². The highest BCUT2D eigenvalue weighted by atomic mass is 35.5. The third-order valence-electron chi connectivity index (χ3n) is 4.66. The second-order valence-electron chi connectivity index (χ2n) is 6.44. The maximum Gasteiger partial charge on any atom is 0.321 e. The molecule has 6 nitrogen and oxygen atoms in total. The number of halogens is 2. The monoisotopic (exact) mass is 384 g/mol. The third kappa shape index (κ3) is 4.85. The number of amides is 2. The van der Waals surface area contributed by atoms with Gasteiger partial charge in [0.1, 0.15) is 0 Å². The number of piperazine rings is 1. The van der Waals surface area contributed by atoms with E-state index in [4.69, 9.17) is 23.2 Å². The zero-order chi connectivity index (χ0) is 17.8. The number of Topliss-reactive ketones (excluding diaryl/α,β-unsaturated/α-hetero) is 1. The average Bonchev–Trinajstić information content (AvgIpc) is 3.13. The minimum absolute atomic E-state index is 0.0102. The molecule has 0 radical (unpaired) electrons. The smallest absolute Gasteiger partial charge is 0.321 e. The van der Waals surface area contributed by atoms with E-state index < -0.39 is 0 Å². The molecule has 0 aromatic heterocycles. The number of hydrogen-bond donors (Lipinski definition) is 2. The first-order valence-corrected chi connectivity index (χ1v) is 9.28. The quantitative estimate of drug-likeness (QED) is 0.836. The average molecular weight is 385 g/mol. The highest BCUT2D eigenvalue weighted by molar-refractivity contribution is 6.42. The molecule has 0 bridgehead atoms. The first-order chi connectivity index (χ1) is 12.0. The van der Waals surface area contributed by atoms with Crippen LogP contribution >= 0.6 is 23.2 Å². The molecular formula is C17H22Cl2N4O2. The minimum atomic E-state index is -0.165. The number of anilines is 1. The van der Waals surface area contributed by atoms with E-state index in [1.807, 2.05) is 0 Å². The molecule has 2 fully saturated rings. The van der Waals surface area contributed by atoms with Crippen molar-refractivity contribution in [2.24, 2.45) is 0 Å². The van der Waals surface area contributed by atoms with Gasteiger partial charge in [-0.2, -0.15) is 0 Å². The number of nitrogens with one attached hydrogen (secondary N) is 2. The maximum atomic E-state index is 12.3. The molecular weight excluding hydrogens is 363 g/mol. The number of carbonyl (C=O) groups is 2. The molecule has 1 aromatic carbocycles. The summed E-state index contributed by atoms with van der Waals surface area (Å²) in [4.78, 5) is 28.4. The fourth-order valence-corrected chi connectivity index (χ4v) is 3.47. The molecule has 0 unspecified atom stereocenters. The Morgan fingerprint density at radius 2 is 1.92 bits per heavy atom. The van der Waals surface area contributed by atoms with Gasteiger partial charge in [0.25, 0.3) is 0 Å². The van der Waals surface area contributed by atoms with E-state index in [0.717, 1.165) is 19.4 Å². The third-order valence-corrected chi connectivity index (χ3v) is 5.40. The van der Waals surface area contributed by atoms with Crippen molar-refractivity contribution < 1.29 is 9.59 Å². The van der Waals surface area contributed by atoms with Crippen LogP contribution in [0.25, 0.3) is 0 Å². The summed E-state index contributed by atoms with van der Waals surface area (Å²) in [6.45, 7) is 3.98. The summed E-state index contributed by atoms with van der Waals surface area (Å²) in [5, 5.41) is 6.93. The summed E-state index contributed by atoms with van der Waals surface area (Å²) >= 11 is 11.8. The Labute approximate surface area is 157 Å². The van der Waals surface area contributed by atoms with Crippen LogP contribution in [0, 0.1) is 0 Å². The normalized spacial score (nSPS) is 21.4. The Hall–Kier alpha value is -1.34. The van der Waals surface area contributed by atoms with Gasteiger partial charge in [-0.25, -0.2) is 4.79 Å². The van der Waals surface area contributed by atoms with Crippen LogP contribution < -0.4 is 10.6 Å². The minimum Gasteiger partial charge on any atom is -0.322 e. The van der Waals surface area contributed by atoms with E-state index in [1.165, 1.54) is 0 Å². The second-order valence-corrected chi connectivity index (χ2v) is 7.25.